The first-order valence-electron chi connectivity index (χ1n) is 11.5. The average molecular weight is 453 g/mol. The Kier molecular flexibility index (Phi) is 7.80. The summed E-state index contributed by atoms with van der Waals surface area (Å²) in [6, 6.07) is 8.20. The maximum atomic E-state index is 12.6. The van der Waals surface area contributed by atoms with Crippen molar-refractivity contribution >= 4 is 17.6 Å². The Morgan fingerprint density at radius 1 is 1.12 bits per heavy atom. The molecule has 1 aliphatic carbocycles. The second-order valence-corrected chi connectivity index (χ2v) is 8.60. The minimum absolute atomic E-state index is 0.0638. The van der Waals surface area contributed by atoms with Gasteiger partial charge < -0.3 is 25.4 Å². The van der Waals surface area contributed by atoms with Gasteiger partial charge in [0.05, 0.1) is 19.8 Å². The maximum absolute atomic E-state index is 12.6. The number of anilines is 1. The first-order chi connectivity index (χ1) is 16.1. The maximum Gasteiger partial charge on any atom is 0.326 e. The second-order valence-electron chi connectivity index (χ2n) is 8.60. The first kappa shape index (κ1) is 23.1. The van der Waals surface area contributed by atoms with Gasteiger partial charge in [-0.05, 0) is 66.5 Å². The van der Waals surface area contributed by atoms with Crippen LogP contribution in [0.25, 0.3) is 0 Å². The van der Waals surface area contributed by atoms with Crippen molar-refractivity contribution in [1.29, 1.82) is 0 Å². The number of nitrogens with zero attached hydrogens (tertiary/aromatic N) is 1. The number of benzene rings is 1. The van der Waals surface area contributed by atoms with E-state index in [-0.39, 0.29) is 24.6 Å². The van der Waals surface area contributed by atoms with Gasteiger partial charge >= 0.3 is 6.03 Å². The Hall–Kier alpha value is -3.10. The van der Waals surface area contributed by atoms with Gasteiger partial charge in [-0.15, -0.1) is 0 Å². The van der Waals surface area contributed by atoms with E-state index in [1.165, 1.54) is 5.56 Å². The largest absolute Gasteiger partial charge is 0.382 e. The molecule has 1 saturated carbocycles. The third-order valence-corrected chi connectivity index (χ3v) is 6.27. The molecule has 33 heavy (non-hydrogen) atoms. The highest BCUT2D eigenvalue weighted by Gasteiger charge is 2.25. The van der Waals surface area contributed by atoms with Gasteiger partial charge in [0.2, 0.25) is 5.91 Å². The highest BCUT2D eigenvalue weighted by atomic mass is 16.5. The molecule has 1 fully saturated rings. The fraction of sp³-hybridized carbons (Fsp3) is 0.440. The first-order valence-corrected chi connectivity index (χ1v) is 11.5. The summed E-state index contributed by atoms with van der Waals surface area (Å²) >= 11 is 0. The van der Waals surface area contributed by atoms with E-state index < -0.39 is 0 Å². The molecule has 3 amide bonds. The van der Waals surface area contributed by atoms with Crippen LogP contribution in [0.1, 0.15) is 37.2 Å². The van der Waals surface area contributed by atoms with Crippen molar-refractivity contribution in [1.82, 2.24) is 15.5 Å². The van der Waals surface area contributed by atoms with E-state index in [2.05, 4.69) is 28.1 Å². The Bertz CT molecular complexity index is 930. The van der Waals surface area contributed by atoms with Gasteiger partial charge in [-0.2, -0.15) is 0 Å². The summed E-state index contributed by atoms with van der Waals surface area (Å²) in [5.41, 5.74) is 4.23. The second kappa shape index (κ2) is 11.2. The summed E-state index contributed by atoms with van der Waals surface area (Å²) in [7, 11) is 1.61. The summed E-state index contributed by atoms with van der Waals surface area (Å²) in [5.74, 6) is 0.407. The van der Waals surface area contributed by atoms with Crippen molar-refractivity contribution < 1.29 is 19.1 Å². The molecule has 8 nitrogen and oxygen atoms in total. The van der Waals surface area contributed by atoms with Gasteiger partial charge in [0.15, 0.2) is 0 Å². The number of urea groups is 1. The Morgan fingerprint density at radius 2 is 1.91 bits per heavy atom. The Labute approximate surface area is 194 Å². The number of hydrogen-bond donors (Lipinski definition) is 3. The number of allylic oxidation sites excluding steroid dienone is 1. The number of hydrogen-bond acceptors (Lipinski definition) is 5. The molecule has 3 aliphatic rings. The quantitative estimate of drug-likeness (QED) is 0.527. The number of amides is 3. The minimum Gasteiger partial charge on any atom is -0.382 e. The molecule has 0 unspecified atom stereocenters. The van der Waals surface area contributed by atoms with Gasteiger partial charge in [-0.1, -0.05) is 12.1 Å². The van der Waals surface area contributed by atoms with E-state index in [4.69, 9.17) is 9.47 Å². The van der Waals surface area contributed by atoms with Gasteiger partial charge in [-0.25, -0.2) is 4.79 Å². The van der Waals surface area contributed by atoms with Crippen LogP contribution in [0, 0.1) is 0 Å². The zero-order valence-electron chi connectivity index (χ0n) is 19.0. The molecule has 0 spiro atoms. The van der Waals surface area contributed by atoms with Crippen LogP contribution in [0.5, 0.6) is 0 Å². The fourth-order valence-corrected chi connectivity index (χ4v) is 4.45. The molecule has 2 heterocycles. The predicted molar refractivity (Wildman–Crippen MR) is 126 cm³/mol. The summed E-state index contributed by atoms with van der Waals surface area (Å²) in [4.78, 5) is 26.3. The molecule has 0 bridgehead atoms. The number of carbonyl (C=O) groups excluding carboxylic acids is 2. The Morgan fingerprint density at radius 3 is 2.64 bits per heavy atom. The molecule has 4 rings (SSSR count). The molecule has 0 saturated heterocycles. The van der Waals surface area contributed by atoms with Crippen molar-refractivity contribution in [2.75, 3.05) is 38.8 Å². The molecular formula is C25H32N4O4. The third-order valence-electron chi connectivity index (χ3n) is 6.27. The molecule has 1 aromatic carbocycles. The zero-order valence-corrected chi connectivity index (χ0v) is 19.0. The summed E-state index contributed by atoms with van der Waals surface area (Å²) < 4.78 is 10.2. The molecule has 1 aromatic rings. The van der Waals surface area contributed by atoms with Crippen molar-refractivity contribution in [3.63, 3.8) is 0 Å². The number of carbonyl (C=O) groups is 2. The van der Waals surface area contributed by atoms with Gasteiger partial charge in [0, 0.05) is 37.4 Å². The topological polar surface area (TPSA) is 91.9 Å². The minimum atomic E-state index is -0.138. The number of methoxy groups -OCH3 is 1. The number of rotatable bonds is 8. The van der Waals surface area contributed by atoms with E-state index in [1.54, 1.807) is 12.0 Å². The summed E-state index contributed by atoms with van der Waals surface area (Å²) in [6.45, 7) is 1.56. The van der Waals surface area contributed by atoms with Crippen LogP contribution in [-0.4, -0.2) is 56.4 Å². The summed E-state index contributed by atoms with van der Waals surface area (Å²) in [6.07, 6.45) is 11.6. The molecule has 3 N–H and O–H groups in total. The lowest BCUT2D eigenvalue weighted by atomic mass is 9.81. The lowest BCUT2D eigenvalue weighted by Gasteiger charge is -2.29. The van der Waals surface area contributed by atoms with E-state index >= 15 is 0 Å². The normalized spacial score (nSPS) is 21.5. The molecule has 0 atom stereocenters. The van der Waals surface area contributed by atoms with Crippen LogP contribution in [0.3, 0.4) is 0 Å². The van der Waals surface area contributed by atoms with Crippen LogP contribution in [0.2, 0.25) is 0 Å². The average Bonchev–Trinajstić information content (AvgIpc) is 3.28. The van der Waals surface area contributed by atoms with Crippen molar-refractivity contribution in [2.24, 2.45) is 0 Å². The van der Waals surface area contributed by atoms with Crippen LogP contribution < -0.4 is 16.0 Å². The van der Waals surface area contributed by atoms with Gasteiger partial charge in [0.1, 0.15) is 6.61 Å². The lowest BCUT2D eigenvalue weighted by Crippen LogP contribution is -2.39. The molecular weight excluding hydrogens is 420 g/mol. The monoisotopic (exact) mass is 452 g/mol. The van der Waals surface area contributed by atoms with Crippen molar-refractivity contribution in [2.45, 2.75) is 37.6 Å². The Balaban J connectivity index is 1.21. The van der Waals surface area contributed by atoms with E-state index in [1.807, 2.05) is 36.8 Å². The number of ether oxygens (including phenoxy) is 2. The van der Waals surface area contributed by atoms with Gasteiger partial charge in [0.25, 0.3) is 0 Å². The third kappa shape index (κ3) is 6.24. The van der Waals surface area contributed by atoms with Gasteiger partial charge in [-0.3, -0.25) is 9.69 Å². The van der Waals surface area contributed by atoms with E-state index in [9.17, 15) is 9.59 Å². The summed E-state index contributed by atoms with van der Waals surface area (Å²) in [5, 5.41) is 9.11. The van der Waals surface area contributed by atoms with E-state index in [0.29, 0.717) is 25.7 Å². The molecule has 0 aromatic heterocycles. The number of fused-ring (bicyclic) bond motifs is 1. The lowest BCUT2D eigenvalue weighted by molar-refractivity contribution is -0.127. The van der Waals surface area contributed by atoms with Crippen molar-refractivity contribution in [3.8, 4) is 0 Å². The standard InChI is InChI=1S/C25H32N4O4/c1-32-12-13-33-17-24(30)27-22-6-2-18(3-7-22)19-4-8-23(9-5-19)28-25(31)29-15-20-10-11-26-14-21(20)16-29/h4-5,8-11,14-15,18,22,26H,2-3,6-7,12-13,16-17H2,1H3,(H,27,30)(H,28,31). The molecule has 8 heteroatoms. The number of dihydropyridines is 1. The van der Waals surface area contributed by atoms with Crippen molar-refractivity contribution in [3.05, 3.63) is 65.7 Å². The van der Waals surface area contributed by atoms with Crippen LogP contribution in [-0.2, 0) is 14.3 Å². The zero-order chi connectivity index (χ0) is 23.0. The number of nitrogens with one attached hydrogen (secondary N) is 3. The van der Waals surface area contributed by atoms with Crippen LogP contribution in [0.4, 0.5) is 10.5 Å². The molecule has 2 aliphatic heterocycles. The molecule has 0 radical (unpaired) electrons. The highest BCUT2D eigenvalue weighted by Crippen LogP contribution is 2.33. The predicted octanol–water partition coefficient (Wildman–Crippen LogP) is 3.22. The molecule has 176 valence electrons. The smallest absolute Gasteiger partial charge is 0.326 e. The van der Waals surface area contributed by atoms with Crippen LogP contribution >= 0.6 is 0 Å². The van der Waals surface area contributed by atoms with E-state index in [0.717, 1.165) is 42.5 Å². The van der Waals surface area contributed by atoms with Crippen LogP contribution in [0.15, 0.2) is 60.1 Å². The highest BCUT2D eigenvalue weighted by molar-refractivity contribution is 5.91. The SMILES string of the molecule is COCCOCC(=O)NC1CCC(c2ccc(NC(=O)N3C=C4C=CNC=C4C3)cc2)CC1. The fourth-order valence-electron chi connectivity index (χ4n) is 4.45.